The molecular formula is C12H13N3O2S. The first kappa shape index (κ1) is 12.6. The fourth-order valence-corrected chi connectivity index (χ4v) is 2.20. The number of carbonyl (C=O) groups excluding carboxylic acids is 1. The van der Waals surface area contributed by atoms with Gasteiger partial charge in [-0.2, -0.15) is 0 Å². The van der Waals surface area contributed by atoms with Crippen LogP contribution in [0.25, 0.3) is 10.8 Å². The zero-order valence-electron chi connectivity index (χ0n) is 10.00. The quantitative estimate of drug-likeness (QED) is 0.773. The molecule has 2 heterocycles. The van der Waals surface area contributed by atoms with Crippen molar-refractivity contribution in [2.45, 2.75) is 19.8 Å². The zero-order chi connectivity index (χ0) is 12.8. The summed E-state index contributed by atoms with van der Waals surface area (Å²) in [5.74, 6) is 0.424. The van der Waals surface area contributed by atoms with E-state index >= 15 is 0 Å². The lowest BCUT2D eigenvalue weighted by Crippen LogP contribution is -2.05. The molecule has 18 heavy (non-hydrogen) atoms. The minimum absolute atomic E-state index is 0.192. The summed E-state index contributed by atoms with van der Waals surface area (Å²) in [4.78, 5) is 23.9. The molecule has 0 aliphatic carbocycles. The number of aromatic nitrogens is 3. The summed E-state index contributed by atoms with van der Waals surface area (Å²) in [5, 5.41) is 2.69. The van der Waals surface area contributed by atoms with Crippen molar-refractivity contribution in [3.8, 4) is 10.8 Å². The van der Waals surface area contributed by atoms with Gasteiger partial charge in [0.05, 0.1) is 18.7 Å². The summed E-state index contributed by atoms with van der Waals surface area (Å²) in [6.07, 6.45) is 4.30. The topological polar surface area (TPSA) is 65.0 Å². The molecule has 2 aromatic heterocycles. The molecule has 0 bridgehead atoms. The first-order chi connectivity index (χ1) is 8.79. The fourth-order valence-electron chi connectivity index (χ4n) is 1.40. The Morgan fingerprint density at radius 2 is 2.17 bits per heavy atom. The van der Waals surface area contributed by atoms with E-state index in [0.29, 0.717) is 25.3 Å². The molecule has 0 atom stereocenters. The van der Waals surface area contributed by atoms with Crippen LogP contribution in [0.4, 0.5) is 0 Å². The molecule has 0 fully saturated rings. The van der Waals surface area contributed by atoms with Crippen molar-refractivity contribution in [1.82, 2.24) is 15.0 Å². The number of carbonyl (C=O) groups is 1. The number of rotatable bonds is 5. The molecule has 0 aliphatic heterocycles. The average molecular weight is 263 g/mol. The molecule has 0 amide bonds. The third-order valence-corrected chi connectivity index (χ3v) is 3.09. The van der Waals surface area contributed by atoms with Crippen LogP contribution in [0.5, 0.6) is 0 Å². The lowest BCUT2D eigenvalue weighted by molar-refractivity contribution is -0.143. The van der Waals surface area contributed by atoms with Crippen molar-refractivity contribution in [2.24, 2.45) is 0 Å². The minimum atomic E-state index is -0.192. The Balaban J connectivity index is 1.97. The summed E-state index contributed by atoms with van der Waals surface area (Å²) < 4.78 is 4.87. The van der Waals surface area contributed by atoms with Gasteiger partial charge in [0.25, 0.3) is 0 Å². The van der Waals surface area contributed by atoms with Gasteiger partial charge >= 0.3 is 5.97 Å². The maximum absolute atomic E-state index is 11.2. The number of hydrogen-bond donors (Lipinski definition) is 0. The lowest BCUT2D eigenvalue weighted by atomic mass is 10.2. The summed E-state index contributed by atoms with van der Waals surface area (Å²) in [6.45, 7) is 2.21. The SMILES string of the molecule is CCOC(=O)CCc1csc(-c2ncccn2)n1. The highest BCUT2D eigenvalue weighted by Gasteiger charge is 2.08. The van der Waals surface area contributed by atoms with E-state index in [0.717, 1.165) is 10.7 Å². The first-order valence-electron chi connectivity index (χ1n) is 5.67. The van der Waals surface area contributed by atoms with E-state index in [1.54, 1.807) is 25.4 Å². The van der Waals surface area contributed by atoms with Gasteiger partial charge in [0, 0.05) is 24.2 Å². The van der Waals surface area contributed by atoms with Crippen molar-refractivity contribution in [3.05, 3.63) is 29.5 Å². The van der Waals surface area contributed by atoms with Crippen molar-refractivity contribution in [2.75, 3.05) is 6.61 Å². The molecule has 0 radical (unpaired) electrons. The van der Waals surface area contributed by atoms with Crippen LogP contribution >= 0.6 is 11.3 Å². The van der Waals surface area contributed by atoms with E-state index in [1.165, 1.54) is 11.3 Å². The van der Waals surface area contributed by atoms with Crippen LogP contribution in [-0.2, 0) is 16.0 Å². The Hall–Kier alpha value is -1.82. The van der Waals surface area contributed by atoms with Crippen molar-refractivity contribution in [1.29, 1.82) is 0 Å². The van der Waals surface area contributed by atoms with Gasteiger partial charge in [0.2, 0.25) is 0 Å². The number of aryl methyl sites for hydroxylation is 1. The Morgan fingerprint density at radius 3 is 2.89 bits per heavy atom. The van der Waals surface area contributed by atoms with Gasteiger partial charge < -0.3 is 4.74 Å². The summed E-state index contributed by atoms with van der Waals surface area (Å²) in [7, 11) is 0. The summed E-state index contributed by atoms with van der Waals surface area (Å²) in [5.41, 5.74) is 0.871. The molecule has 94 valence electrons. The molecule has 0 unspecified atom stereocenters. The van der Waals surface area contributed by atoms with Crippen LogP contribution in [0.3, 0.4) is 0 Å². The smallest absolute Gasteiger partial charge is 0.306 e. The standard InChI is InChI=1S/C12H13N3O2S/c1-2-17-10(16)5-4-9-8-18-12(15-9)11-13-6-3-7-14-11/h3,6-8H,2,4-5H2,1H3. The molecule has 0 saturated heterocycles. The van der Waals surface area contributed by atoms with E-state index in [4.69, 9.17) is 4.74 Å². The Bertz CT molecular complexity index is 513. The van der Waals surface area contributed by atoms with E-state index in [-0.39, 0.29) is 5.97 Å². The van der Waals surface area contributed by atoms with Crippen LogP contribution in [0.1, 0.15) is 19.0 Å². The van der Waals surface area contributed by atoms with Gasteiger partial charge in [-0.25, -0.2) is 15.0 Å². The van der Waals surface area contributed by atoms with Crippen molar-refractivity contribution >= 4 is 17.3 Å². The monoisotopic (exact) mass is 263 g/mol. The minimum Gasteiger partial charge on any atom is -0.466 e. The first-order valence-corrected chi connectivity index (χ1v) is 6.55. The molecule has 0 N–H and O–H groups in total. The fraction of sp³-hybridized carbons (Fsp3) is 0.333. The van der Waals surface area contributed by atoms with E-state index in [2.05, 4.69) is 15.0 Å². The molecular weight excluding hydrogens is 250 g/mol. The number of esters is 1. The van der Waals surface area contributed by atoms with Gasteiger partial charge in [0.15, 0.2) is 10.8 Å². The maximum Gasteiger partial charge on any atom is 0.306 e. The third-order valence-electron chi connectivity index (χ3n) is 2.20. The molecule has 0 spiro atoms. The highest BCUT2D eigenvalue weighted by Crippen LogP contribution is 2.20. The van der Waals surface area contributed by atoms with Crippen molar-refractivity contribution in [3.63, 3.8) is 0 Å². The Morgan fingerprint density at radius 1 is 1.39 bits per heavy atom. The predicted octanol–water partition coefficient (Wildman–Crippen LogP) is 2.10. The number of thiazole rings is 1. The second kappa shape index (κ2) is 6.20. The van der Waals surface area contributed by atoms with Crippen LogP contribution in [0.2, 0.25) is 0 Å². The van der Waals surface area contributed by atoms with E-state index in [9.17, 15) is 4.79 Å². The molecule has 2 aromatic rings. The molecule has 0 aromatic carbocycles. The van der Waals surface area contributed by atoms with E-state index < -0.39 is 0 Å². The molecule has 6 heteroatoms. The van der Waals surface area contributed by atoms with Crippen molar-refractivity contribution < 1.29 is 9.53 Å². The number of ether oxygens (including phenoxy) is 1. The second-order valence-electron chi connectivity index (χ2n) is 3.52. The maximum atomic E-state index is 11.2. The van der Waals surface area contributed by atoms with E-state index in [1.807, 2.05) is 5.38 Å². The zero-order valence-corrected chi connectivity index (χ0v) is 10.8. The van der Waals surface area contributed by atoms with Crippen LogP contribution in [0, 0.1) is 0 Å². The molecule has 0 aliphatic rings. The second-order valence-corrected chi connectivity index (χ2v) is 4.38. The predicted molar refractivity (Wildman–Crippen MR) is 68.1 cm³/mol. The average Bonchev–Trinajstić information content (AvgIpc) is 2.87. The highest BCUT2D eigenvalue weighted by molar-refractivity contribution is 7.13. The molecule has 5 nitrogen and oxygen atoms in total. The largest absolute Gasteiger partial charge is 0.466 e. The Labute approximate surface area is 109 Å². The third kappa shape index (κ3) is 3.33. The van der Waals surface area contributed by atoms with Gasteiger partial charge in [-0.05, 0) is 13.0 Å². The summed E-state index contributed by atoms with van der Waals surface area (Å²) in [6, 6.07) is 1.76. The van der Waals surface area contributed by atoms with Gasteiger partial charge in [-0.3, -0.25) is 4.79 Å². The van der Waals surface area contributed by atoms with Gasteiger partial charge in [-0.15, -0.1) is 11.3 Å². The van der Waals surface area contributed by atoms with Crippen LogP contribution < -0.4 is 0 Å². The van der Waals surface area contributed by atoms with Crippen LogP contribution in [-0.4, -0.2) is 27.5 Å². The summed E-state index contributed by atoms with van der Waals surface area (Å²) >= 11 is 1.48. The Kier molecular flexibility index (Phi) is 4.35. The highest BCUT2D eigenvalue weighted by atomic mass is 32.1. The lowest BCUT2D eigenvalue weighted by Gasteiger charge is -1.99. The molecule has 2 rings (SSSR count). The number of nitrogens with zero attached hydrogens (tertiary/aromatic N) is 3. The van der Waals surface area contributed by atoms with Gasteiger partial charge in [0.1, 0.15) is 0 Å². The normalized spacial score (nSPS) is 10.3. The van der Waals surface area contributed by atoms with Gasteiger partial charge in [-0.1, -0.05) is 0 Å². The molecule has 0 saturated carbocycles. The number of hydrogen-bond acceptors (Lipinski definition) is 6. The van der Waals surface area contributed by atoms with Crippen LogP contribution in [0.15, 0.2) is 23.8 Å².